The molecule has 0 aliphatic rings. The monoisotopic (exact) mass is 358 g/mol. The van der Waals surface area contributed by atoms with Crippen LogP contribution < -0.4 is 11.2 Å². The van der Waals surface area contributed by atoms with Crippen molar-refractivity contribution in [1.82, 2.24) is 19.1 Å². The van der Waals surface area contributed by atoms with Crippen molar-refractivity contribution in [3.63, 3.8) is 0 Å². The highest BCUT2D eigenvalue weighted by Crippen LogP contribution is 2.22. The maximum absolute atomic E-state index is 12.4. The summed E-state index contributed by atoms with van der Waals surface area (Å²) in [7, 11) is 1.64. The van der Waals surface area contributed by atoms with Crippen LogP contribution in [0.4, 0.5) is 0 Å². The van der Waals surface area contributed by atoms with Crippen molar-refractivity contribution in [1.29, 1.82) is 0 Å². The first-order chi connectivity index (χ1) is 12.1. The number of rotatable bonds is 7. The van der Waals surface area contributed by atoms with E-state index in [9.17, 15) is 9.59 Å². The molecule has 0 saturated carbocycles. The number of benzene rings is 1. The predicted octanol–water partition coefficient (Wildman–Crippen LogP) is 2.56. The summed E-state index contributed by atoms with van der Waals surface area (Å²) in [4.78, 5) is 31.1. The van der Waals surface area contributed by atoms with Crippen molar-refractivity contribution in [3.8, 4) is 0 Å². The summed E-state index contributed by atoms with van der Waals surface area (Å²) in [6, 6.07) is 10.3. The summed E-state index contributed by atoms with van der Waals surface area (Å²) in [6.45, 7) is 2.80. The summed E-state index contributed by atoms with van der Waals surface area (Å²) >= 11 is 1.63. The van der Waals surface area contributed by atoms with Gasteiger partial charge in [0.2, 0.25) is 0 Å². The molecule has 2 heterocycles. The van der Waals surface area contributed by atoms with Gasteiger partial charge in [0.05, 0.1) is 0 Å². The molecule has 0 bridgehead atoms. The van der Waals surface area contributed by atoms with Crippen LogP contribution in [0.15, 0.2) is 45.1 Å². The molecule has 6 nitrogen and oxygen atoms in total. The van der Waals surface area contributed by atoms with Crippen molar-refractivity contribution < 1.29 is 0 Å². The number of hydrogen-bond acceptors (Lipinski definition) is 4. The lowest BCUT2D eigenvalue weighted by atomic mass is 10.1. The van der Waals surface area contributed by atoms with Crippen molar-refractivity contribution >= 4 is 22.9 Å². The standard InChI is InChI=1S/C18H22N4O2S/c1-3-12-25-18-19-15-14(16(23)20-17(24)21(15)2)22(18)11-7-10-13-8-5-4-6-9-13/h4-6,8-9H,3,7,10-12H2,1-2H3,(H,20,23,24). The number of nitrogens with zero attached hydrogens (tertiary/aromatic N) is 3. The Bertz CT molecular complexity index is 972. The van der Waals surface area contributed by atoms with Crippen molar-refractivity contribution in [2.75, 3.05) is 5.75 Å². The molecule has 0 saturated heterocycles. The Morgan fingerprint density at radius 1 is 1.20 bits per heavy atom. The minimum absolute atomic E-state index is 0.367. The number of aromatic amines is 1. The number of imidazole rings is 1. The van der Waals surface area contributed by atoms with Crippen LogP contribution in [0.1, 0.15) is 25.3 Å². The first-order valence-electron chi connectivity index (χ1n) is 8.48. The van der Waals surface area contributed by atoms with Gasteiger partial charge in [-0.3, -0.25) is 14.3 Å². The molecule has 3 aromatic rings. The van der Waals surface area contributed by atoms with Crippen LogP contribution >= 0.6 is 11.8 Å². The molecule has 0 unspecified atom stereocenters. The molecule has 1 aromatic carbocycles. The molecule has 1 N–H and O–H groups in total. The van der Waals surface area contributed by atoms with Gasteiger partial charge in [-0.15, -0.1) is 0 Å². The number of H-pyrrole nitrogens is 1. The zero-order valence-electron chi connectivity index (χ0n) is 14.5. The van der Waals surface area contributed by atoms with Gasteiger partial charge in [0.15, 0.2) is 16.3 Å². The molecule has 3 rings (SSSR count). The Labute approximate surface area is 149 Å². The number of hydrogen-bond donors (Lipinski definition) is 1. The molecule has 0 amide bonds. The Balaban J connectivity index is 1.94. The van der Waals surface area contributed by atoms with Crippen LogP contribution in [0.25, 0.3) is 11.2 Å². The lowest BCUT2D eigenvalue weighted by Crippen LogP contribution is -2.29. The van der Waals surface area contributed by atoms with E-state index in [2.05, 4.69) is 29.0 Å². The highest BCUT2D eigenvalue weighted by atomic mass is 32.2. The van der Waals surface area contributed by atoms with E-state index in [1.165, 1.54) is 10.1 Å². The van der Waals surface area contributed by atoms with Crippen LogP contribution in [0.2, 0.25) is 0 Å². The fourth-order valence-electron chi connectivity index (χ4n) is 2.81. The van der Waals surface area contributed by atoms with Crippen LogP contribution in [0, 0.1) is 0 Å². The second-order valence-corrected chi connectivity index (χ2v) is 7.04. The summed E-state index contributed by atoms with van der Waals surface area (Å²) in [5.41, 5.74) is 1.41. The lowest BCUT2D eigenvalue weighted by molar-refractivity contribution is 0.608. The molecule has 132 valence electrons. The van der Waals surface area contributed by atoms with Crippen molar-refractivity contribution in [3.05, 3.63) is 56.7 Å². The SMILES string of the molecule is CCCSc1nc2c(c(=O)[nH]c(=O)n2C)n1CCCc1ccccc1. The number of aryl methyl sites for hydroxylation is 3. The molecule has 25 heavy (non-hydrogen) atoms. The highest BCUT2D eigenvalue weighted by Gasteiger charge is 2.17. The maximum Gasteiger partial charge on any atom is 0.329 e. The first-order valence-corrected chi connectivity index (χ1v) is 9.46. The Kier molecular flexibility index (Phi) is 5.43. The topological polar surface area (TPSA) is 72.7 Å². The summed E-state index contributed by atoms with van der Waals surface area (Å²) in [5, 5.41) is 0.802. The first kappa shape index (κ1) is 17.5. The normalized spacial score (nSPS) is 11.3. The van der Waals surface area contributed by atoms with Crippen LogP contribution in [0.3, 0.4) is 0 Å². The third-order valence-electron chi connectivity index (χ3n) is 4.10. The molecule has 0 radical (unpaired) electrons. The Morgan fingerprint density at radius 2 is 1.96 bits per heavy atom. The van der Waals surface area contributed by atoms with Gasteiger partial charge >= 0.3 is 5.69 Å². The van der Waals surface area contributed by atoms with E-state index in [-0.39, 0.29) is 5.56 Å². The maximum atomic E-state index is 12.4. The second kappa shape index (κ2) is 7.74. The fourth-order valence-corrected chi connectivity index (χ4v) is 3.69. The smallest absolute Gasteiger partial charge is 0.313 e. The summed E-state index contributed by atoms with van der Waals surface area (Å²) < 4.78 is 3.36. The third kappa shape index (κ3) is 3.71. The molecular weight excluding hydrogens is 336 g/mol. The van der Waals surface area contributed by atoms with Crippen molar-refractivity contribution in [2.45, 2.75) is 37.9 Å². The van der Waals surface area contributed by atoms with Gasteiger partial charge in [-0.2, -0.15) is 0 Å². The Hall–Kier alpha value is -2.28. The van der Waals surface area contributed by atoms with E-state index in [1.807, 2.05) is 22.8 Å². The quantitative estimate of drug-likeness (QED) is 0.659. The van der Waals surface area contributed by atoms with Gasteiger partial charge in [0, 0.05) is 19.3 Å². The van der Waals surface area contributed by atoms with Crippen LogP contribution in [-0.2, 0) is 20.0 Å². The largest absolute Gasteiger partial charge is 0.329 e. The minimum atomic E-state index is -0.432. The summed E-state index contributed by atoms with van der Waals surface area (Å²) in [6.07, 6.45) is 2.85. The molecule has 0 aliphatic heterocycles. The van der Waals surface area contributed by atoms with E-state index < -0.39 is 5.69 Å². The second-order valence-electron chi connectivity index (χ2n) is 5.97. The van der Waals surface area contributed by atoms with Gasteiger partial charge in [0.25, 0.3) is 5.56 Å². The van der Waals surface area contributed by atoms with Crippen LogP contribution in [0.5, 0.6) is 0 Å². The number of thioether (sulfide) groups is 1. The van der Waals surface area contributed by atoms with Gasteiger partial charge in [0.1, 0.15) is 0 Å². The molecular formula is C18H22N4O2S. The molecule has 0 aliphatic carbocycles. The zero-order chi connectivity index (χ0) is 17.8. The van der Waals surface area contributed by atoms with E-state index >= 15 is 0 Å². The van der Waals surface area contributed by atoms with Gasteiger partial charge in [-0.1, -0.05) is 49.0 Å². The molecule has 0 fully saturated rings. The molecule has 0 spiro atoms. The number of aromatic nitrogens is 4. The highest BCUT2D eigenvalue weighted by molar-refractivity contribution is 7.99. The van der Waals surface area contributed by atoms with Gasteiger partial charge in [-0.05, 0) is 24.8 Å². The van der Waals surface area contributed by atoms with E-state index in [0.717, 1.165) is 30.2 Å². The van der Waals surface area contributed by atoms with Crippen molar-refractivity contribution in [2.24, 2.45) is 7.05 Å². The summed E-state index contributed by atoms with van der Waals surface area (Å²) in [5.74, 6) is 0.924. The number of fused-ring (bicyclic) bond motifs is 1. The number of nitrogens with one attached hydrogen (secondary N) is 1. The van der Waals surface area contributed by atoms with Gasteiger partial charge < -0.3 is 4.57 Å². The zero-order valence-corrected chi connectivity index (χ0v) is 15.3. The molecule has 0 atom stereocenters. The van der Waals surface area contributed by atoms with E-state index in [4.69, 9.17) is 0 Å². The van der Waals surface area contributed by atoms with E-state index in [0.29, 0.717) is 17.7 Å². The predicted molar refractivity (Wildman–Crippen MR) is 101 cm³/mol. The van der Waals surface area contributed by atoms with Crippen LogP contribution in [-0.4, -0.2) is 24.9 Å². The average molecular weight is 358 g/mol. The fraction of sp³-hybridized carbons (Fsp3) is 0.389. The minimum Gasteiger partial charge on any atom is -0.313 e. The lowest BCUT2D eigenvalue weighted by Gasteiger charge is -2.08. The van der Waals surface area contributed by atoms with Gasteiger partial charge in [-0.25, -0.2) is 9.78 Å². The van der Waals surface area contributed by atoms with E-state index in [1.54, 1.807) is 18.8 Å². The molecule has 2 aromatic heterocycles. The average Bonchev–Trinajstić information content (AvgIpc) is 2.98. The molecule has 7 heteroatoms. The third-order valence-corrected chi connectivity index (χ3v) is 5.28. The Morgan fingerprint density at radius 3 is 2.68 bits per heavy atom.